The normalized spacial score (nSPS) is 38.5. The van der Waals surface area contributed by atoms with E-state index in [1.807, 2.05) is 37.3 Å². The van der Waals surface area contributed by atoms with Crippen molar-refractivity contribution in [1.82, 2.24) is 5.32 Å². The van der Waals surface area contributed by atoms with E-state index in [0.29, 0.717) is 41.3 Å². The molecule has 5 aliphatic rings. The highest BCUT2D eigenvalue weighted by atomic mass is 16.5. The van der Waals surface area contributed by atoms with Crippen molar-refractivity contribution in [3.63, 3.8) is 0 Å². The van der Waals surface area contributed by atoms with E-state index >= 15 is 0 Å². The average molecular weight is 684 g/mol. The van der Waals surface area contributed by atoms with Gasteiger partial charge in [0.05, 0.1) is 32.0 Å². The lowest BCUT2D eigenvalue weighted by atomic mass is 9.44. The molecular weight excluding hydrogens is 622 g/mol. The molecule has 1 amide bonds. The van der Waals surface area contributed by atoms with E-state index in [-0.39, 0.29) is 17.9 Å². The Hall–Kier alpha value is -2.70. The summed E-state index contributed by atoms with van der Waals surface area (Å²) in [6.07, 6.45) is 13.3. The first-order valence-corrected chi connectivity index (χ1v) is 19.8. The van der Waals surface area contributed by atoms with Crippen molar-refractivity contribution in [1.29, 1.82) is 0 Å². The van der Waals surface area contributed by atoms with Gasteiger partial charge in [0.2, 0.25) is 5.91 Å². The van der Waals surface area contributed by atoms with E-state index in [1.165, 1.54) is 64.0 Å². The van der Waals surface area contributed by atoms with E-state index in [0.717, 1.165) is 48.7 Å². The Balaban J connectivity index is 0.926. The Bertz CT molecular complexity index is 1470. The number of hydrogen-bond donors (Lipinski definition) is 1. The van der Waals surface area contributed by atoms with Gasteiger partial charge in [0.15, 0.2) is 0 Å². The number of carbonyl (C=O) groups excluding carboxylic acids is 2. The molecule has 0 bridgehead atoms. The molecule has 13 atom stereocenters. The highest BCUT2D eigenvalue weighted by Gasteiger charge is 2.65. The molecule has 1 N–H and O–H groups in total. The predicted molar refractivity (Wildman–Crippen MR) is 196 cm³/mol. The van der Waals surface area contributed by atoms with Crippen LogP contribution in [0, 0.1) is 52.3 Å². The van der Waals surface area contributed by atoms with Gasteiger partial charge in [-0.15, -0.1) is 0 Å². The number of methoxy groups -OCH3 is 1. The van der Waals surface area contributed by atoms with Crippen molar-refractivity contribution < 1.29 is 23.8 Å². The molecule has 1 aliphatic heterocycles. The summed E-state index contributed by atoms with van der Waals surface area (Å²) in [5, 5.41) is 2.99. The van der Waals surface area contributed by atoms with Crippen LogP contribution in [0.2, 0.25) is 0 Å². The van der Waals surface area contributed by atoms with Gasteiger partial charge >= 0.3 is 5.97 Å². The maximum Gasteiger partial charge on any atom is 0.328 e. The van der Waals surface area contributed by atoms with Crippen molar-refractivity contribution in [3.05, 3.63) is 71.8 Å². The minimum Gasteiger partial charge on any atom is -0.467 e. The molecule has 7 rings (SSSR count). The average Bonchev–Trinajstić information content (AvgIpc) is 3.62. The molecule has 0 aromatic heterocycles. The van der Waals surface area contributed by atoms with E-state index in [4.69, 9.17) is 14.2 Å². The lowest BCUT2D eigenvalue weighted by molar-refractivity contribution is -0.145. The number of fused-ring (bicyclic) bond motifs is 7. The molecule has 0 radical (unpaired) electrons. The summed E-state index contributed by atoms with van der Waals surface area (Å²) in [7, 11) is 1.38. The molecular formula is C44H61NO5. The molecule has 6 heteroatoms. The highest BCUT2D eigenvalue weighted by molar-refractivity contribution is 5.85. The maximum atomic E-state index is 13.3. The smallest absolute Gasteiger partial charge is 0.328 e. The Kier molecular flexibility index (Phi) is 10.5. The van der Waals surface area contributed by atoms with Gasteiger partial charge in [-0.05, 0) is 122 Å². The van der Waals surface area contributed by atoms with Gasteiger partial charge in [-0.25, -0.2) is 4.79 Å². The summed E-state index contributed by atoms with van der Waals surface area (Å²) in [5.41, 5.74) is 3.06. The quantitative estimate of drug-likeness (QED) is 0.240. The monoisotopic (exact) mass is 683 g/mol. The van der Waals surface area contributed by atoms with Crippen LogP contribution in [0.25, 0.3) is 0 Å². The number of carbonyl (C=O) groups is 2. The zero-order valence-electron chi connectivity index (χ0n) is 31.2. The van der Waals surface area contributed by atoms with Crippen LogP contribution in [0.1, 0.15) is 103 Å². The van der Waals surface area contributed by atoms with E-state index in [9.17, 15) is 9.59 Å². The largest absolute Gasteiger partial charge is 0.467 e. The second kappa shape index (κ2) is 14.7. The van der Waals surface area contributed by atoms with Gasteiger partial charge in [0.25, 0.3) is 0 Å². The minimum atomic E-state index is -0.689. The van der Waals surface area contributed by atoms with Gasteiger partial charge < -0.3 is 19.5 Å². The minimum absolute atomic E-state index is 0.0894. The molecule has 1 heterocycles. The van der Waals surface area contributed by atoms with Gasteiger partial charge in [-0.3, -0.25) is 4.79 Å². The highest BCUT2D eigenvalue weighted by Crippen LogP contribution is 2.70. The second-order valence-corrected chi connectivity index (χ2v) is 17.5. The van der Waals surface area contributed by atoms with Crippen LogP contribution >= 0.6 is 0 Å². The van der Waals surface area contributed by atoms with Crippen LogP contribution in [-0.2, 0) is 36.8 Å². The van der Waals surface area contributed by atoms with Gasteiger partial charge in [-0.2, -0.15) is 0 Å². The van der Waals surface area contributed by atoms with E-state index < -0.39 is 12.0 Å². The van der Waals surface area contributed by atoms with Crippen LogP contribution in [0.15, 0.2) is 60.7 Å². The third-order valence-corrected chi connectivity index (χ3v) is 15.0. The van der Waals surface area contributed by atoms with Crippen molar-refractivity contribution in [2.24, 2.45) is 52.3 Å². The number of esters is 1. The van der Waals surface area contributed by atoms with Crippen LogP contribution in [-0.4, -0.2) is 43.3 Å². The molecule has 4 aliphatic carbocycles. The Morgan fingerprint density at radius 1 is 0.900 bits per heavy atom. The summed E-state index contributed by atoms with van der Waals surface area (Å²) in [4.78, 5) is 25.8. The first-order valence-electron chi connectivity index (χ1n) is 19.8. The van der Waals surface area contributed by atoms with Gasteiger partial charge in [0.1, 0.15) is 6.04 Å². The molecule has 2 aromatic rings. The third kappa shape index (κ3) is 6.80. The zero-order chi connectivity index (χ0) is 35.0. The number of amides is 1. The fourth-order valence-corrected chi connectivity index (χ4v) is 12.2. The lowest BCUT2D eigenvalue weighted by Crippen LogP contribution is -2.54. The molecule has 1 unspecified atom stereocenters. The molecule has 5 fully saturated rings. The molecule has 2 aromatic carbocycles. The van der Waals surface area contributed by atoms with Crippen molar-refractivity contribution in [3.8, 4) is 0 Å². The van der Waals surface area contributed by atoms with Crippen LogP contribution < -0.4 is 5.32 Å². The Morgan fingerprint density at radius 2 is 1.60 bits per heavy atom. The SMILES string of the molecule is COC(=O)C(Cc1ccccc1)NC(=O)[C@@H](C)CC[C@H]1O[C@H]2C[C@H]3[C@@H]4CC[C@@H]5C[C@@H](OCc6ccccc6)CC[C@]5(C)[C@H]4CC[C@]3(C)[C@H]2[C@@H]1C. The van der Waals surface area contributed by atoms with Crippen molar-refractivity contribution in [2.75, 3.05) is 7.11 Å². The summed E-state index contributed by atoms with van der Waals surface area (Å²) in [6.45, 7) is 10.4. The molecule has 6 nitrogen and oxygen atoms in total. The lowest BCUT2D eigenvalue weighted by Gasteiger charge is -2.61. The van der Waals surface area contributed by atoms with Gasteiger partial charge in [-0.1, -0.05) is 88.4 Å². The number of ether oxygens (including phenoxy) is 3. The summed E-state index contributed by atoms with van der Waals surface area (Å²) < 4.78 is 18.5. The van der Waals surface area contributed by atoms with Gasteiger partial charge in [0, 0.05) is 12.3 Å². The topological polar surface area (TPSA) is 73.9 Å². The molecule has 0 spiro atoms. The van der Waals surface area contributed by atoms with Crippen LogP contribution in [0.5, 0.6) is 0 Å². The van der Waals surface area contributed by atoms with Crippen LogP contribution in [0.4, 0.5) is 0 Å². The fourth-order valence-electron chi connectivity index (χ4n) is 12.2. The number of rotatable bonds is 11. The Morgan fingerprint density at radius 3 is 2.32 bits per heavy atom. The molecule has 4 saturated carbocycles. The summed E-state index contributed by atoms with van der Waals surface area (Å²) in [5.74, 6) is 3.58. The molecule has 50 heavy (non-hydrogen) atoms. The summed E-state index contributed by atoms with van der Waals surface area (Å²) in [6, 6.07) is 19.7. The Labute approximate surface area is 300 Å². The predicted octanol–water partition coefficient (Wildman–Crippen LogP) is 8.56. The van der Waals surface area contributed by atoms with Crippen LogP contribution in [0.3, 0.4) is 0 Å². The maximum absolute atomic E-state index is 13.3. The molecule has 272 valence electrons. The van der Waals surface area contributed by atoms with E-state index in [2.05, 4.69) is 56.4 Å². The third-order valence-electron chi connectivity index (χ3n) is 15.0. The second-order valence-electron chi connectivity index (χ2n) is 17.5. The summed E-state index contributed by atoms with van der Waals surface area (Å²) >= 11 is 0. The number of hydrogen-bond acceptors (Lipinski definition) is 5. The first-order chi connectivity index (χ1) is 24.1. The van der Waals surface area contributed by atoms with E-state index in [1.54, 1.807) is 0 Å². The standard InChI is InChI=1S/C44H61NO5/c1-28(41(46)45-37(42(47)48-5)24-30-12-8-6-9-13-30)16-19-38-29(2)40-39(50-38)26-36-34-18-17-32-25-33(49-27-31-14-10-7-11-15-31)20-22-43(32,3)35(34)21-23-44(36,40)4/h6-15,28-29,32-40H,16-27H2,1-5H3,(H,45,46)/t28-,29+,32+,33-,34+,35-,36-,37?,38+,39-,40-,43-,44-/m0/s1. The number of nitrogens with one attached hydrogen (secondary N) is 1. The zero-order valence-corrected chi connectivity index (χ0v) is 31.2. The fraction of sp³-hybridized carbons (Fsp3) is 0.682. The molecule has 1 saturated heterocycles. The van der Waals surface area contributed by atoms with Crippen molar-refractivity contribution in [2.45, 2.75) is 129 Å². The first kappa shape index (κ1) is 35.7. The van der Waals surface area contributed by atoms with Crippen molar-refractivity contribution >= 4 is 11.9 Å². The number of benzene rings is 2.